The minimum Gasteiger partial charge on any atom is -0.372 e. The summed E-state index contributed by atoms with van der Waals surface area (Å²) in [6, 6.07) is 4.70. The zero-order chi connectivity index (χ0) is 12.1. The first-order chi connectivity index (χ1) is 8.24. The van der Waals surface area contributed by atoms with Gasteiger partial charge in [-0.15, -0.1) is 0 Å². The molecule has 0 unspecified atom stereocenters. The molecule has 17 heavy (non-hydrogen) atoms. The lowest BCUT2D eigenvalue weighted by molar-refractivity contribution is -0.0101. The van der Waals surface area contributed by atoms with Gasteiger partial charge in [0.15, 0.2) is 0 Å². The number of nitrogens with zero attached hydrogens (tertiary/aromatic N) is 1. The molecule has 0 saturated heterocycles. The second-order valence-corrected chi connectivity index (χ2v) is 5.06. The maximum absolute atomic E-state index is 5.72. The van der Waals surface area contributed by atoms with Crippen molar-refractivity contribution in [2.24, 2.45) is 0 Å². The molecule has 1 aliphatic carbocycles. The van der Waals surface area contributed by atoms with Crippen molar-refractivity contribution in [3.8, 4) is 0 Å². The largest absolute Gasteiger partial charge is 0.372 e. The Labute approximate surface area is 104 Å². The summed E-state index contributed by atoms with van der Waals surface area (Å²) in [6.07, 6.45) is 6.18. The Balaban J connectivity index is 1.76. The number of ether oxygens (including phenoxy) is 1. The third-order valence-electron chi connectivity index (χ3n) is 3.12. The normalized spacial score (nSPS) is 16.2. The van der Waals surface area contributed by atoms with Crippen LogP contribution in [0.3, 0.4) is 0 Å². The smallest absolute Gasteiger partial charge is 0.0891 e. The van der Waals surface area contributed by atoms with E-state index in [-0.39, 0.29) is 0 Å². The number of hydrogen-bond donors (Lipinski definition) is 1. The molecule has 1 aromatic rings. The van der Waals surface area contributed by atoms with E-state index in [1.807, 2.05) is 6.20 Å². The van der Waals surface area contributed by atoms with E-state index in [0.29, 0.717) is 18.8 Å². The van der Waals surface area contributed by atoms with E-state index < -0.39 is 0 Å². The summed E-state index contributed by atoms with van der Waals surface area (Å²) in [4.78, 5) is 4.42. The van der Waals surface area contributed by atoms with Gasteiger partial charge in [-0.2, -0.15) is 0 Å². The number of rotatable bonds is 6. The molecule has 94 valence electrons. The maximum Gasteiger partial charge on any atom is 0.0891 e. The van der Waals surface area contributed by atoms with Gasteiger partial charge >= 0.3 is 0 Å². The Kier molecular flexibility index (Phi) is 4.51. The van der Waals surface area contributed by atoms with Gasteiger partial charge in [-0.3, -0.25) is 4.98 Å². The number of pyridine rings is 1. The first-order valence-electron chi connectivity index (χ1n) is 6.53. The Morgan fingerprint density at radius 1 is 1.41 bits per heavy atom. The monoisotopic (exact) mass is 234 g/mol. The average molecular weight is 234 g/mol. The summed E-state index contributed by atoms with van der Waals surface area (Å²) >= 11 is 0. The first-order valence-corrected chi connectivity index (χ1v) is 6.53. The molecule has 0 aliphatic heterocycles. The lowest BCUT2D eigenvalue weighted by atomic mass is 9.96. The van der Waals surface area contributed by atoms with Gasteiger partial charge in [0.05, 0.1) is 18.4 Å². The zero-order valence-corrected chi connectivity index (χ0v) is 10.8. The minimum atomic E-state index is 0.485. The van der Waals surface area contributed by atoms with Crippen molar-refractivity contribution in [1.29, 1.82) is 0 Å². The molecule has 3 nitrogen and oxygen atoms in total. The summed E-state index contributed by atoms with van der Waals surface area (Å²) in [5, 5.41) is 3.38. The number of hydrogen-bond acceptors (Lipinski definition) is 3. The highest BCUT2D eigenvalue weighted by Crippen LogP contribution is 2.22. The Hall–Kier alpha value is -0.930. The van der Waals surface area contributed by atoms with Gasteiger partial charge in [-0.05, 0) is 30.9 Å². The molecule has 1 fully saturated rings. The van der Waals surface area contributed by atoms with E-state index in [1.54, 1.807) is 0 Å². The molecule has 0 aromatic carbocycles. The van der Waals surface area contributed by atoms with Crippen molar-refractivity contribution in [2.45, 2.75) is 58.4 Å². The van der Waals surface area contributed by atoms with Crippen LogP contribution < -0.4 is 5.32 Å². The van der Waals surface area contributed by atoms with E-state index in [4.69, 9.17) is 4.74 Å². The van der Waals surface area contributed by atoms with E-state index in [9.17, 15) is 0 Å². The van der Waals surface area contributed by atoms with Crippen LogP contribution in [0, 0.1) is 0 Å². The van der Waals surface area contributed by atoms with Crippen LogP contribution in [-0.4, -0.2) is 17.1 Å². The van der Waals surface area contributed by atoms with Crippen molar-refractivity contribution < 1.29 is 4.74 Å². The topological polar surface area (TPSA) is 34.1 Å². The second kappa shape index (κ2) is 6.12. The zero-order valence-electron chi connectivity index (χ0n) is 10.8. The number of nitrogens with one attached hydrogen (secondary N) is 1. The highest BCUT2D eigenvalue weighted by atomic mass is 16.5. The minimum absolute atomic E-state index is 0.485. The molecular weight excluding hydrogens is 212 g/mol. The molecule has 0 spiro atoms. The van der Waals surface area contributed by atoms with Crippen LogP contribution in [0.25, 0.3) is 0 Å². The van der Waals surface area contributed by atoms with Crippen molar-refractivity contribution in [2.75, 3.05) is 0 Å². The van der Waals surface area contributed by atoms with Gasteiger partial charge < -0.3 is 10.1 Å². The van der Waals surface area contributed by atoms with Crippen LogP contribution in [0.15, 0.2) is 18.3 Å². The van der Waals surface area contributed by atoms with Crippen molar-refractivity contribution >= 4 is 0 Å². The predicted molar refractivity (Wildman–Crippen MR) is 68.6 cm³/mol. The van der Waals surface area contributed by atoms with Crippen molar-refractivity contribution in [3.63, 3.8) is 0 Å². The fourth-order valence-electron chi connectivity index (χ4n) is 1.71. The quantitative estimate of drug-likeness (QED) is 0.821. The fraction of sp³-hybridized carbons (Fsp3) is 0.643. The number of aromatic nitrogens is 1. The third-order valence-corrected chi connectivity index (χ3v) is 3.12. The molecule has 2 rings (SSSR count). The highest BCUT2D eigenvalue weighted by Gasteiger charge is 2.17. The Morgan fingerprint density at radius 2 is 2.24 bits per heavy atom. The highest BCUT2D eigenvalue weighted by molar-refractivity contribution is 5.13. The van der Waals surface area contributed by atoms with Gasteiger partial charge in [0.2, 0.25) is 0 Å². The van der Waals surface area contributed by atoms with Crippen molar-refractivity contribution in [3.05, 3.63) is 29.6 Å². The summed E-state index contributed by atoms with van der Waals surface area (Å²) in [5.74, 6) is 0. The molecule has 0 amide bonds. The van der Waals surface area contributed by atoms with Crippen molar-refractivity contribution in [1.82, 2.24) is 10.3 Å². The lowest BCUT2D eigenvalue weighted by Crippen LogP contribution is -2.22. The van der Waals surface area contributed by atoms with Crippen LogP contribution in [0.4, 0.5) is 0 Å². The van der Waals surface area contributed by atoms with Gasteiger partial charge in [0, 0.05) is 18.8 Å². The molecule has 0 radical (unpaired) electrons. The van der Waals surface area contributed by atoms with Crippen LogP contribution in [0.5, 0.6) is 0 Å². The molecule has 3 heteroatoms. The summed E-state index contributed by atoms with van der Waals surface area (Å²) in [7, 11) is 0. The Morgan fingerprint density at radius 3 is 2.76 bits per heavy atom. The van der Waals surface area contributed by atoms with Crippen LogP contribution >= 0.6 is 0 Å². The molecule has 0 bridgehead atoms. The van der Waals surface area contributed by atoms with E-state index in [2.05, 4.69) is 36.3 Å². The van der Waals surface area contributed by atoms with E-state index in [1.165, 1.54) is 24.8 Å². The standard InChI is InChI=1S/C14H22N2O/c1-11(2)15-8-12-6-7-13(16-9-12)10-17-14-4-3-5-14/h6-7,9,11,14-15H,3-5,8,10H2,1-2H3. The third kappa shape index (κ3) is 4.10. The van der Waals surface area contributed by atoms with Gasteiger partial charge in [-0.1, -0.05) is 19.9 Å². The van der Waals surface area contributed by atoms with Crippen LogP contribution in [0.1, 0.15) is 44.4 Å². The van der Waals surface area contributed by atoms with Gasteiger partial charge in [-0.25, -0.2) is 0 Å². The Bertz CT molecular complexity index is 331. The predicted octanol–water partition coefficient (Wildman–Crippen LogP) is 2.65. The first kappa shape index (κ1) is 12.5. The second-order valence-electron chi connectivity index (χ2n) is 5.06. The molecule has 1 aromatic heterocycles. The SMILES string of the molecule is CC(C)NCc1ccc(COC2CCC2)nc1. The average Bonchev–Trinajstić information content (AvgIpc) is 2.26. The summed E-state index contributed by atoms with van der Waals surface area (Å²) in [6.45, 7) is 5.83. The molecular formula is C14H22N2O. The van der Waals surface area contributed by atoms with E-state index >= 15 is 0 Å². The van der Waals surface area contributed by atoms with E-state index in [0.717, 1.165) is 12.2 Å². The molecule has 1 aliphatic rings. The summed E-state index contributed by atoms with van der Waals surface area (Å²) < 4.78 is 5.72. The molecule has 1 heterocycles. The lowest BCUT2D eigenvalue weighted by Gasteiger charge is -2.25. The summed E-state index contributed by atoms with van der Waals surface area (Å²) in [5.41, 5.74) is 2.26. The molecule has 1 saturated carbocycles. The maximum atomic E-state index is 5.72. The van der Waals surface area contributed by atoms with Crippen LogP contribution in [-0.2, 0) is 17.9 Å². The molecule has 1 N–H and O–H groups in total. The van der Waals surface area contributed by atoms with Gasteiger partial charge in [0.25, 0.3) is 0 Å². The van der Waals surface area contributed by atoms with Gasteiger partial charge in [0.1, 0.15) is 0 Å². The fourth-order valence-corrected chi connectivity index (χ4v) is 1.71. The van der Waals surface area contributed by atoms with Crippen LogP contribution in [0.2, 0.25) is 0 Å². The molecule has 0 atom stereocenters.